The van der Waals surface area contributed by atoms with E-state index in [-0.39, 0.29) is 10.0 Å². The smallest absolute Gasteiger partial charge is 0.194 e. The normalized spacial score (nSPS) is 12.8. The Bertz CT molecular complexity index is 1040. The van der Waals surface area contributed by atoms with Crippen LogP contribution >= 0.6 is 23.2 Å². The Labute approximate surface area is 160 Å². The summed E-state index contributed by atoms with van der Waals surface area (Å²) in [6.45, 7) is 0. The van der Waals surface area contributed by atoms with E-state index >= 15 is 0 Å². The molecule has 0 bridgehead atoms. The summed E-state index contributed by atoms with van der Waals surface area (Å²) in [5.74, 6) is -0.194. The zero-order valence-corrected chi connectivity index (χ0v) is 15.8. The molecule has 0 aliphatic heterocycles. The molecular formula is C17H14Cl2FN3O2S. The molecule has 0 fully saturated rings. The molecule has 1 atom stereocenters. The topological polar surface area (TPSA) is 74.8 Å². The van der Waals surface area contributed by atoms with E-state index in [9.17, 15) is 12.8 Å². The number of H-pyrrole nitrogens is 1. The van der Waals surface area contributed by atoms with E-state index in [1.54, 1.807) is 30.3 Å². The third-order valence-corrected chi connectivity index (χ3v) is 5.17. The van der Waals surface area contributed by atoms with Gasteiger partial charge in [0.05, 0.1) is 5.02 Å². The van der Waals surface area contributed by atoms with Crippen molar-refractivity contribution in [2.75, 3.05) is 11.6 Å². The van der Waals surface area contributed by atoms with Crippen LogP contribution in [0, 0.1) is 5.82 Å². The molecule has 9 heteroatoms. The van der Waals surface area contributed by atoms with Crippen molar-refractivity contribution in [3.63, 3.8) is 0 Å². The average molecular weight is 414 g/mol. The first-order valence-electron chi connectivity index (χ1n) is 7.46. The largest absolute Gasteiger partial charge is 0.372 e. The highest BCUT2D eigenvalue weighted by molar-refractivity contribution is 7.90. The maximum atomic E-state index is 13.5. The molecule has 0 amide bonds. The minimum absolute atomic E-state index is 0.0414. The number of nitrogens with one attached hydrogen (secondary N) is 2. The lowest BCUT2D eigenvalue weighted by Crippen LogP contribution is -2.14. The predicted molar refractivity (Wildman–Crippen MR) is 100 cm³/mol. The van der Waals surface area contributed by atoms with Crippen LogP contribution in [0.2, 0.25) is 10.0 Å². The number of benzene rings is 2. The van der Waals surface area contributed by atoms with Gasteiger partial charge in [0.25, 0.3) is 0 Å². The Kier molecular flexibility index (Phi) is 5.22. The van der Waals surface area contributed by atoms with Crippen molar-refractivity contribution in [3.05, 3.63) is 75.9 Å². The van der Waals surface area contributed by atoms with E-state index in [2.05, 4.69) is 15.3 Å². The fourth-order valence-corrected chi connectivity index (χ4v) is 3.22. The van der Waals surface area contributed by atoms with Gasteiger partial charge in [-0.25, -0.2) is 17.8 Å². The van der Waals surface area contributed by atoms with Gasteiger partial charge < -0.3 is 10.3 Å². The third-order valence-electron chi connectivity index (χ3n) is 3.66. The molecule has 0 saturated heterocycles. The number of halogens is 3. The summed E-state index contributed by atoms with van der Waals surface area (Å²) in [5, 5.41) is 3.68. The van der Waals surface area contributed by atoms with Gasteiger partial charge in [-0.2, -0.15) is 0 Å². The number of hydrogen-bond donors (Lipinski definition) is 2. The summed E-state index contributed by atoms with van der Waals surface area (Å²) in [4.78, 5) is 7.02. The maximum Gasteiger partial charge on any atom is 0.194 e. The zero-order valence-electron chi connectivity index (χ0n) is 13.5. The van der Waals surface area contributed by atoms with E-state index in [1.165, 1.54) is 18.3 Å². The van der Waals surface area contributed by atoms with Gasteiger partial charge in [0.2, 0.25) is 0 Å². The molecule has 5 nitrogen and oxygen atoms in total. The van der Waals surface area contributed by atoms with Gasteiger partial charge in [0.15, 0.2) is 14.9 Å². The Morgan fingerprint density at radius 2 is 1.85 bits per heavy atom. The minimum atomic E-state index is -3.46. The Hall–Kier alpha value is -2.09. The fourth-order valence-electron chi connectivity index (χ4n) is 2.37. The van der Waals surface area contributed by atoms with Gasteiger partial charge in [0.1, 0.15) is 17.7 Å². The first-order chi connectivity index (χ1) is 12.2. The molecule has 136 valence electrons. The molecule has 0 radical (unpaired) electrons. The lowest BCUT2D eigenvalue weighted by atomic mass is 10.1. The van der Waals surface area contributed by atoms with Gasteiger partial charge >= 0.3 is 0 Å². The molecule has 1 heterocycles. The molecule has 0 aliphatic carbocycles. The number of imidazole rings is 1. The first-order valence-corrected chi connectivity index (χ1v) is 10.1. The van der Waals surface area contributed by atoms with Crippen LogP contribution in [0.1, 0.15) is 17.4 Å². The van der Waals surface area contributed by atoms with Crippen LogP contribution in [0.5, 0.6) is 0 Å². The van der Waals surface area contributed by atoms with Crippen molar-refractivity contribution in [1.82, 2.24) is 9.97 Å². The molecule has 1 aromatic heterocycles. The highest BCUT2D eigenvalue weighted by atomic mass is 35.5. The van der Waals surface area contributed by atoms with Crippen molar-refractivity contribution in [3.8, 4) is 0 Å². The molecule has 0 saturated carbocycles. The molecule has 0 aliphatic rings. The maximum absolute atomic E-state index is 13.5. The van der Waals surface area contributed by atoms with E-state index < -0.39 is 21.7 Å². The number of aromatic nitrogens is 2. The zero-order chi connectivity index (χ0) is 18.9. The summed E-state index contributed by atoms with van der Waals surface area (Å²) < 4.78 is 36.9. The first kappa shape index (κ1) is 18.7. The highest BCUT2D eigenvalue weighted by Crippen LogP contribution is 2.29. The predicted octanol–water partition coefficient (Wildman–Crippen LogP) is 4.46. The number of rotatable bonds is 5. The molecule has 3 aromatic rings. The molecule has 3 rings (SSSR count). The average Bonchev–Trinajstić information content (AvgIpc) is 3.07. The van der Waals surface area contributed by atoms with Crippen molar-refractivity contribution in [1.29, 1.82) is 0 Å². The summed E-state index contributed by atoms with van der Waals surface area (Å²) in [6, 6.07) is 10.6. The second kappa shape index (κ2) is 7.26. The number of hydrogen-bond acceptors (Lipinski definition) is 4. The van der Waals surface area contributed by atoms with Gasteiger partial charge in [-0.1, -0.05) is 29.3 Å². The Morgan fingerprint density at radius 1 is 1.15 bits per heavy atom. The summed E-state index contributed by atoms with van der Waals surface area (Å²) in [7, 11) is -3.46. The fraction of sp³-hybridized carbons (Fsp3) is 0.118. The SMILES string of the molecule is CS(=O)(=O)c1c[nH]c(C(Nc2ccc(Cl)cc2)c2ccc(F)c(Cl)c2)n1. The van der Waals surface area contributed by atoms with Gasteiger partial charge in [-0.05, 0) is 42.0 Å². The molecule has 0 spiro atoms. The monoisotopic (exact) mass is 413 g/mol. The molecule has 1 unspecified atom stereocenters. The number of nitrogens with zero attached hydrogens (tertiary/aromatic N) is 1. The van der Waals surface area contributed by atoms with Crippen molar-refractivity contribution in [2.45, 2.75) is 11.1 Å². The number of sulfone groups is 1. The van der Waals surface area contributed by atoms with Crippen LogP contribution in [0.15, 0.2) is 53.7 Å². The second-order valence-corrected chi connectivity index (χ2v) is 8.46. The molecular weight excluding hydrogens is 400 g/mol. The summed E-state index contributed by atoms with van der Waals surface area (Å²) >= 11 is 11.8. The van der Waals surface area contributed by atoms with Crippen molar-refractivity contribution < 1.29 is 12.8 Å². The van der Waals surface area contributed by atoms with Crippen LogP contribution in [-0.2, 0) is 9.84 Å². The van der Waals surface area contributed by atoms with Crippen LogP contribution in [-0.4, -0.2) is 24.6 Å². The summed E-state index contributed by atoms with van der Waals surface area (Å²) in [5.41, 5.74) is 1.33. The van der Waals surface area contributed by atoms with Gasteiger partial charge in [-0.3, -0.25) is 0 Å². The second-order valence-electron chi connectivity index (χ2n) is 5.65. The summed E-state index contributed by atoms with van der Waals surface area (Å²) in [6.07, 6.45) is 2.38. The number of aromatic amines is 1. The molecule has 2 N–H and O–H groups in total. The van der Waals surface area contributed by atoms with Gasteiger partial charge in [0, 0.05) is 23.2 Å². The number of anilines is 1. The van der Waals surface area contributed by atoms with E-state index in [1.807, 2.05) is 0 Å². The van der Waals surface area contributed by atoms with Gasteiger partial charge in [-0.15, -0.1) is 0 Å². The standard InChI is InChI=1S/C17H14Cl2FN3O2S/c1-26(24,25)15-9-21-17(23-15)16(10-2-7-14(20)13(19)8-10)22-12-5-3-11(18)4-6-12/h2-9,16,22H,1H3,(H,21,23). The quantitative estimate of drug-likeness (QED) is 0.647. The minimum Gasteiger partial charge on any atom is -0.372 e. The Balaban J connectivity index is 2.04. The third kappa shape index (κ3) is 4.17. The van der Waals surface area contributed by atoms with Crippen molar-refractivity contribution in [2.24, 2.45) is 0 Å². The van der Waals surface area contributed by atoms with Crippen LogP contribution < -0.4 is 5.32 Å². The van der Waals surface area contributed by atoms with E-state index in [0.717, 1.165) is 11.9 Å². The highest BCUT2D eigenvalue weighted by Gasteiger charge is 2.21. The van der Waals surface area contributed by atoms with E-state index in [0.29, 0.717) is 16.4 Å². The molecule has 2 aromatic carbocycles. The molecule has 26 heavy (non-hydrogen) atoms. The lowest BCUT2D eigenvalue weighted by Gasteiger charge is -2.19. The van der Waals surface area contributed by atoms with Crippen LogP contribution in [0.25, 0.3) is 0 Å². The Morgan fingerprint density at radius 3 is 2.42 bits per heavy atom. The van der Waals surface area contributed by atoms with Crippen LogP contribution in [0.3, 0.4) is 0 Å². The van der Waals surface area contributed by atoms with Crippen molar-refractivity contribution >= 4 is 38.7 Å². The lowest BCUT2D eigenvalue weighted by molar-refractivity contribution is 0.598. The van der Waals surface area contributed by atoms with E-state index in [4.69, 9.17) is 23.2 Å². The van der Waals surface area contributed by atoms with Crippen LogP contribution in [0.4, 0.5) is 10.1 Å².